The van der Waals surface area contributed by atoms with Gasteiger partial charge in [-0.05, 0) is 30.2 Å². The lowest BCUT2D eigenvalue weighted by Gasteiger charge is -2.20. The van der Waals surface area contributed by atoms with E-state index in [1.807, 2.05) is 49.3 Å². The second-order valence-corrected chi connectivity index (χ2v) is 10.00. The molecule has 2 aliphatic rings. The average molecular weight is 383 g/mol. The quantitative estimate of drug-likeness (QED) is 0.590. The Morgan fingerprint density at radius 1 is 1.29 bits per heavy atom. The summed E-state index contributed by atoms with van der Waals surface area (Å²) in [5.41, 5.74) is 2.00. The number of hydrogen-bond acceptors (Lipinski definition) is 6. The van der Waals surface area contributed by atoms with Crippen LogP contribution in [0, 0.1) is 0 Å². The molecule has 1 aromatic carbocycles. The van der Waals surface area contributed by atoms with Crippen LogP contribution in [0.3, 0.4) is 0 Å². The van der Waals surface area contributed by atoms with E-state index in [0.717, 1.165) is 11.3 Å². The molecule has 0 N–H and O–H groups in total. The second-order valence-electron chi connectivity index (χ2n) is 6.09. The zero-order chi connectivity index (χ0) is 17.5. The number of rotatable bonds is 3. The number of hydrogen-bond donors (Lipinski definition) is 0. The van der Waals surface area contributed by atoms with Crippen molar-refractivity contribution in [3.63, 3.8) is 0 Å². The summed E-state index contributed by atoms with van der Waals surface area (Å²) in [5.74, 6) is -0.0619. The van der Waals surface area contributed by atoms with Crippen molar-refractivity contribution in [3.05, 3.63) is 34.7 Å². The SMILES string of the molecule is CN(C)c1ccc(C=C2SC(=S)N(C3CCS(=O)(=O)C3)C2=O)cc1. The first-order valence-corrected chi connectivity index (χ1v) is 10.6. The first-order valence-electron chi connectivity index (χ1n) is 7.52. The van der Waals surface area contributed by atoms with Gasteiger partial charge in [-0.3, -0.25) is 9.69 Å². The lowest BCUT2D eigenvalue weighted by atomic mass is 10.1. The lowest BCUT2D eigenvalue weighted by Crippen LogP contribution is -2.39. The van der Waals surface area contributed by atoms with Gasteiger partial charge in [-0.1, -0.05) is 36.1 Å². The number of carbonyl (C=O) groups is 1. The summed E-state index contributed by atoms with van der Waals surface area (Å²) in [6.45, 7) is 0. The molecule has 0 saturated carbocycles. The molecule has 1 aromatic rings. The summed E-state index contributed by atoms with van der Waals surface area (Å²) in [4.78, 5) is 16.7. The molecule has 0 bridgehead atoms. The predicted molar refractivity (Wildman–Crippen MR) is 103 cm³/mol. The fourth-order valence-electron chi connectivity index (χ4n) is 2.79. The Kier molecular flexibility index (Phi) is 4.72. The average Bonchev–Trinajstić information content (AvgIpc) is 2.99. The first-order chi connectivity index (χ1) is 11.3. The van der Waals surface area contributed by atoms with Crippen molar-refractivity contribution in [1.82, 2.24) is 4.90 Å². The highest BCUT2D eigenvalue weighted by Crippen LogP contribution is 2.36. The molecule has 24 heavy (non-hydrogen) atoms. The summed E-state index contributed by atoms with van der Waals surface area (Å²) in [7, 11) is 0.880. The fraction of sp³-hybridized carbons (Fsp3) is 0.375. The zero-order valence-electron chi connectivity index (χ0n) is 13.4. The van der Waals surface area contributed by atoms with E-state index < -0.39 is 9.84 Å². The molecule has 5 nitrogen and oxygen atoms in total. The molecule has 128 valence electrons. The number of thioether (sulfide) groups is 1. The molecular formula is C16H18N2O3S3. The van der Waals surface area contributed by atoms with Crippen LogP contribution in [0.5, 0.6) is 0 Å². The van der Waals surface area contributed by atoms with Crippen molar-refractivity contribution in [2.24, 2.45) is 0 Å². The maximum atomic E-state index is 12.6. The summed E-state index contributed by atoms with van der Waals surface area (Å²) in [5, 5.41) is 0. The van der Waals surface area contributed by atoms with Crippen molar-refractivity contribution < 1.29 is 13.2 Å². The third-order valence-electron chi connectivity index (χ3n) is 4.10. The molecule has 1 unspecified atom stereocenters. The number of benzene rings is 1. The monoisotopic (exact) mass is 382 g/mol. The van der Waals surface area contributed by atoms with E-state index in [1.165, 1.54) is 16.7 Å². The Balaban J connectivity index is 1.81. The fourth-order valence-corrected chi connectivity index (χ4v) is 5.89. The molecule has 2 heterocycles. The molecule has 0 aromatic heterocycles. The van der Waals surface area contributed by atoms with E-state index in [1.54, 1.807) is 0 Å². The van der Waals surface area contributed by atoms with Gasteiger partial charge >= 0.3 is 0 Å². The molecular weight excluding hydrogens is 364 g/mol. The number of thiocarbonyl (C=S) groups is 1. The third kappa shape index (κ3) is 3.50. The van der Waals surface area contributed by atoms with Crippen molar-refractivity contribution in [2.45, 2.75) is 12.5 Å². The molecule has 2 saturated heterocycles. The summed E-state index contributed by atoms with van der Waals surface area (Å²) in [6, 6.07) is 7.53. The van der Waals surface area contributed by atoms with Crippen LogP contribution in [-0.4, -0.2) is 55.2 Å². The van der Waals surface area contributed by atoms with Gasteiger partial charge in [-0.15, -0.1) is 0 Å². The van der Waals surface area contributed by atoms with E-state index in [2.05, 4.69) is 0 Å². The molecule has 2 aliphatic heterocycles. The summed E-state index contributed by atoms with van der Waals surface area (Å²) in [6.07, 6.45) is 2.27. The number of sulfone groups is 1. The van der Waals surface area contributed by atoms with Gasteiger partial charge in [0.15, 0.2) is 9.84 Å². The minimum atomic E-state index is -3.06. The molecule has 1 atom stereocenters. The topological polar surface area (TPSA) is 57.7 Å². The predicted octanol–water partition coefficient (Wildman–Crippen LogP) is 2.14. The van der Waals surface area contributed by atoms with Crippen LogP contribution < -0.4 is 4.90 Å². The smallest absolute Gasteiger partial charge is 0.266 e. The van der Waals surface area contributed by atoms with Crippen molar-refractivity contribution in [2.75, 3.05) is 30.5 Å². The number of amides is 1. The van der Waals surface area contributed by atoms with Crippen molar-refractivity contribution in [1.29, 1.82) is 0 Å². The van der Waals surface area contributed by atoms with Crippen molar-refractivity contribution >= 4 is 55.8 Å². The summed E-state index contributed by atoms with van der Waals surface area (Å²) < 4.78 is 23.8. The lowest BCUT2D eigenvalue weighted by molar-refractivity contribution is -0.123. The number of anilines is 1. The maximum absolute atomic E-state index is 12.6. The first kappa shape index (κ1) is 17.4. The van der Waals surface area contributed by atoms with Crippen LogP contribution in [0.4, 0.5) is 5.69 Å². The highest BCUT2D eigenvalue weighted by atomic mass is 32.2. The minimum absolute atomic E-state index is 0.00422. The van der Waals surface area contributed by atoms with Crippen LogP contribution in [0.15, 0.2) is 29.2 Å². The minimum Gasteiger partial charge on any atom is -0.378 e. The molecule has 1 amide bonds. The van der Waals surface area contributed by atoms with Gasteiger partial charge in [0.1, 0.15) is 4.32 Å². The molecule has 0 radical (unpaired) electrons. The van der Waals surface area contributed by atoms with Crippen LogP contribution in [-0.2, 0) is 14.6 Å². The van der Waals surface area contributed by atoms with Gasteiger partial charge in [0.05, 0.1) is 22.5 Å². The molecule has 2 fully saturated rings. The van der Waals surface area contributed by atoms with E-state index in [9.17, 15) is 13.2 Å². The van der Waals surface area contributed by atoms with E-state index in [4.69, 9.17) is 12.2 Å². The third-order valence-corrected chi connectivity index (χ3v) is 7.19. The Labute approximate surface area is 151 Å². The van der Waals surface area contributed by atoms with Gasteiger partial charge in [0.25, 0.3) is 5.91 Å². The normalized spacial score (nSPS) is 24.8. The van der Waals surface area contributed by atoms with Crippen LogP contribution in [0.2, 0.25) is 0 Å². The highest BCUT2D eigenvalue weighted by Gasteiger charge is 2.42. The van der Waals surface area contributed by atoms with Crippen molar-refractivity contribution in [3.8, 4) is 0 Å². The largest absolute Gasteiger partial charge is 0.378 e. The second kappa shape index (κ2) is 6.50. The van der Waals surface area contributed by atoms with Gasteiger partial charge < -0.3 is 4.90 Å². The molecule has 0 aliphatic carbocycles. The molecule has 0 spiro atoms. The Morgan fingerprint density at radius 3 is 2.50 bits per heavy atom. The highest BCUT2D eigenvalue weighted by molar-refractivity contribution is 8.26. The van der Waals surface area contributed by atoms with E-state index >= 15 is 0 Å². The maximum Gasteiger partial charge on any atom is 0.266 e. The van der Waals surface area contributed by atoms with E-state index in [0.29, 0.717) is 15.6 Å². The van der Waals surface area contributed by atoms with Crippen LogP contribution >= 0.6 is 24.0 Å². The van der Waals surface area contributed by atoms with Gasteiger partial charge in [0, 0.05) is 19.8 Å². The standard InChI is InChI=1S/C16H18N2O3S3/c1-17(2)12-5-3-11(4-6-12)9-14-15(19)18(16(22)23-14)13-7-8-24(20,21)10-13/h3-6,9,13H,7-8,10H2,1-2H3. The number of nitrogens with zero attached hydrogens (tertiary/aromatic N) is 2. The Bertz CT molecular complexity index is 813. The zero-order valence-corrected chi connectivity index (χ0v) is 15.9. The van der Waals surface area contributed by atoms with E-state index in [-0.39, 0.29) is 23.5 Å². The van der Waals surface area contributed by atoms with Crippen LogP contribution in [0.1, 0.15) is 12.0 Å². The Hall–Kier alpha value is -1.38. The van der Waals surface area contributed by atoms with Gasteiger partial charge in [-0.2, -0.15) is 0 Å². The number of carbonyl (C=O) groups excluding carboxylic acids is 1. The van der Waals surface area contributed by atoms with Crippen LogP contribution in [0.25, 0.3) is 6.08 Å². The van der Waals surface area contributed by atoms with Gasteiger partial charge in [0.2, 0.25) is 0 Å². The Morgan fingerprint density at radius 2 is 1.96 bits per heavy atom. The van der Waals surface area contributed by atoms with Gasteiger partial charge in [-0.25, -0.2) is 8.42 Å². The summed E-state index contributed by atoms with van der Waals surface area (Å²) >= 11 is 6.54. The molecule has 3 rings (SSSR count). The molecule has 8 heteroatoms.